The van der Waals surface area contributed by atoms with Crippen molar-refractivity contribution in [1.82, 2.24) is 9.97 Å². The van der Waals surface area contributed by atoms with Crippen LogP contribution in [-0.2, 0) is 0 Å². The number of hydrogen-bond donors (Lipinski definition) is 3. The molecule has 5 heteroatoms. The highest BCUT2D eigenvalue weighted by Crippen LogP contribution is 2.19. The lowest BCUT2D eigenvalue weighted by molar-refractivity contribution is 0.301. The number of aliphatic hydroxyl groups is 1. The first-order chi connectivity index (χ1) is 7.19. The summed E-state index contributed by atoms with van der Waals surface area (Å²) in [6.07, 6.45) is 2.19. The molecule has 0 aromatic carbocycles. The molecule has 0 spiro atoms. The molecule has 0 bridgehead atoms. The Morgan fingerprint density at radius 3 is 2.67 bits per heavy atom. The number of aromatic amines is 1. The summed E-state index contributed by atoms with van der Waals surface area (Å²) in [5.74, 6) is 2.15. The molecule has 0 saturated heterocycles. The van der Waals surface area contributed by atoms with Gasteiger partial charge in [0.15, 0.2) is 5.82 Å². The van der Waals surface area contributed by atoms with Gasteiger partial charge in [0.05, 0.1) is 6.61 Å². The highest BCUT2D eigenvalue weighted by molar-refractivity contribution is 5.58. The van der Waals surface area contributed by atoms with Crippen LogP contribution in [0.15, 0.2) is 0 Å². The van der Waals surface area contributed by atoms with Crippen LogP contribution in [0.5, 0.6) is 0 Å². The van der Waals surface area contributed by atoms with E-state index in [1.54, 1.807) is 0 Å². The first-order valence-electron chi connectivity index (χ1n) is 5.37. The number of aromatic nitrogens is 2. The molecule has 1 rings (SSSR count). The van der Waals surface area contributed by atoms with Crippen molar-refractivity contribution in [2.45, 2.75) is 26.7 Å². The highest BCUT2D eigenvalue weighted by Gasteiger charge is 2.12. The van der Waals surface area contributed by atoms with Crippen LogP contribution in [0.4, 0.5) is 11.6 Å². The van der Waals surface area contributed by atoms with Crippen LogP contribution in [0.3, 0.4) is 0 Å². The molecule has 0 unspecified atom stereocenters. The Bertz CT molecular complexity index is 298. The number of aryl methyl sites for hydroxylation is 1. The van der Waals surface area contributed by atoms with E-state index in [1.165, 1.54) is 0 Å². The van der Waals surface area contributed by atoms with Crippen LogP contribution in [-0.4, -0.2) is 34.8 Å². The number of imidazole rings is 1. The quantitative estimate of drug-likeness (QED) is 0.654. The van der Waals surface area contributed by atoms with Gasteiger partial charge in [-0.3, -0.25) is 0 Å². The molecule has 0 atom stereocenters. The van der Waals surface area contributed by atoms with Gasteiger partial charge in [-0.1, -0.05) is 13.3 Å². The number of H-pyrrole nitrogens is 1. The monoisotopic (exact) mass is 212 g/mol. The second kappa shape index (κ2) is 5.60. The minimum Gasteiger partial charge on any atom is -0.395 e. The van der Waals surface area contributed by atoms with Gasteiger partial charge in [-0.25, -0.2) is 4.98 Å². The van der Waals surface area contributed by atoms with Crippen LogP contribution >= 0.6 is 0 Å². The number of anilines is 2. The zero-order valence-electron chi connectivity index (χ0n) is 9.45. The highest BCUT2D eigenvalue weighted by atomic mass is 16.3. The van der Waals surface area contributed by atoms with Gasteiger partial charge in [0.25, 0.3) is 0 Å². The lowest BCUT2D eigenvalue weighted by Crippen LogP contribution is -2.28. The van der Waals surface area contributed by atoms with Crippen molar-refractivity contribution in [1.29, 1.82) is 0 Å². The van der Waals surface area contributed by atoms with Gasteiger partial charge < -0.3 is 20.7 Å². The van der Waals surface area contributed by atoms with Gasteiger partial charge in [-0.2, -0.15) is 0 Å². The van der Waals surface area contributed by atoms with E-state index in [0.29, 0.717) is 12.4 Å². The number of nitrogens with one attached hydrogen (secondary N) is 1. The molecule has 0 aliphatic rings. The largest absolute Gasteiger partial charge is 0.395 e. The molecule has 0 fully saturated rings. The van der Waals surface area contributed by atoms with Crippen LogP contribution in [0, 0.1) is 6.92 Å². The maximum atomic E-state index is 8.97. The number of nitrogens with zero attached hydrogens (tertiary/aromatic N) is 2. The van der Waals surface area contributed by atoms with Gasteiger partial charge in [0.2, 0.25) is 0 Å². The molecular formula is C10H20N4O. The molecule has 86 valence electrons. The smallest absolute Gasteiger partial charge is 0.171 e. The first kappa shape index (κ1) is 11.8. The molecule has 0 amide bonds. The molecule has 1 heterocycles. The maximum Gasteiger partial charge on any atom is 0.171 e. The lowest BCUT2D eigenvalue weighted by atomic mass is 10.3. The Morgan fingerprint density at radius 1 is 1.47 bits per heavy atom. The molecule has 0 aliphatic carbocycles. The summed E-state index contributed by atoms with van der Waals surface area (Å²) in [7, 11) is 0. The van der Waals surface area contributed by atoms with Crippen LogP contribution in [0.25, 0.3) is 0 Å². The number of rotatable bonds is 6. The normalized spacial score (nSPS) is 10.6. The fourth-order valence-electron chi connectivity index (χ4n) is 1.53. The Balaban J connectivity index is 2.73. The second-order valence-corrected chi connectivity index (χ2v) is 3.62. The van der Waals surface area contributed by atoms with Crippen molar-refractivity contribution in [3.8, 4) is 0 Å². The Kier molecular flexibility index (Phi) is 4.42. The second-order valence-electron chi connectivity index (χ2n) is 3.62. The molecule has 0 saturated carbocycles. The number of nitrogens with two attached hydrogens (primary N) is 1. The van der Waals surface area contributed by atoms with Gasteiger partial charge in [0.1, 0.15) is 11.6 Å². The number of hydrogen-bond acceptors (Lipinski definition) is 4. The summed E-state index contributed by atoms with van der Waals surface area (Å²) in [5, 5.41) is 8.97. The van der Waals surface area contributed by atoms with Crippen LogP contribution in [0.1, 0.15) is 25.6 Å². The van der Waals surface area contributed by atoms with Crippen molar-refractivity contribution in [3.63, 3.8) is 0 Å². The van der Waals surface area contributed by atoms with Crippen molar-refractivity contribution in [3.05, 3.63) is 5.82 Å². The van der Waals surface area contributed by atoms with E-state index in [-0.39, 0.29) is 6.61 Å². The number of unbranched alkanes of at least 4 members (excludes halogenated alkanes) is 1. The summed E-state index contributed by atoms with van der Waals surface area (Å²) < 4.78 is 0. The van der Waals surface area contributed by atoms with Crippen molar-refractivity contribution in [2.75, 3.05) is 30.3 Å². The summed E-state index contributed by atoms with van der Waals surface area (Å²) >= 11 is 0. The fourth-order valence-corrected chi connectivity index (χ4v) is 1.53. The maximum absolute atomic E-state index is 8.97. The zero-order valence-corrected chi connectivity index (χ0v) is 9.45. The summed E-state index contributed by atoms with van der Waals surface area (Å²) in [6.45, 7) is 5.59. The standard InChI is InChI=1S/C10H20N4O/c1-3-4-5-14(6-7-15)10-9(11)12-8(2)13-10/h15H,3-7,11H2,1-2H3,(H,12,13). The van der Waals surface area contributed by atoms with Crippen LogP contribution in [0.2, 0.25) is 0 Å². The number of aliphatic hydroxyl groups excluding tert-OH is 1. The lowest BCUT2D eigenvalue weighted by Gasteiger charge is -2.21. The van der Waals surface area contributed by atoms with E-state index in [4.69, 9.17) is 10.8 Å². The SMILES string of the molecule is CCCCN(CCO)c1nc(C)[nH]c1N. The Hall–Kier alpha value is -1.23. The minimum atomic E-state index is 0.120. The molecule has 0 aliphatic heterocycles. The van der Waals surface area contributed by atoms with Crippen LogP contribution < -0.4 is 10.6 Å². The third-order valence-electron chi connectivity index (χ3n) is 2.28. The minimum absolute atomic E-state index is 0.120. The fraction of sp³-hybridized carbons (Fsp3) is 0.700. The predicted octanol–water partition coefficient (Wildman–Crippen LogP) is 0.899. The molecule has 0 radical (unpaired) electrons. The summed E-state index contributed by atoms with van der Waals surface area (Å²) in [6, 6.07) is 0. The Labute approximate surface area is 90.3 Å². The van der Waals surface area contributed by atoms with Gasteiger partial charge in [-0.15, -0.1) is 0 Å². The van der Waals surface area contributed by atoms with E-state index in [0.717, 1.165) is 31.0 Å². The van der Waals surface area contributed by atoms with E-state index in [9.17, 15) is 0 Å². The Morgan fingerprint density at radius 2 is 2.20 bits per heavy atom. The molecular weight excluding hydrogens is 192 g/mol. The van der Waals surface area contributed by atoms with Crippen molar-refractivity contribution in [2.24, 2.45) is 0 Å². The number of nitrogen functional groups attached to an aromatic ring is 1. The average molecular weight is 212 g/mol. The molecule has 1 aromatic rings. The van der Waals surface area contributed by atoms with Gasteiger partial charge in [-0.05, 0) is 13.3 Å². The average Bonchev–Trinajstić information content (AvgIpc) is 2.52. The summed E-state index contributed by atoms with van der Waals surface area (Å²) in [4.78, 5) is 9.30. The van der Waals surface area contributed by atoms with Gasteiger partial charge >= 0.3 is 0 Å². The molecule has 1 aromatic heterocycles. The topological polar surface area (TPSA) is 78.2 Å². The summed E-state index contributed by atoms with van der Waals surface area (Å²) in [5.41, 5.74) is 5.80. The van der Waals surface area contributed by atoms with Crippen molar-refractivity contribution >= 4 is 11.6 Å². The van der Waals surface area contributed by atoms with E-state index >= 15 is 0 Å². The molecule has 4 N–H and O–H groups in total. The third-order valence-corrected chi connectivity index (χ3v) is 2.28. The van der Waals surface area contributed by atoms with E-state index in [2.05, 4.69) is 16.9 Å². The van der Waals surface area contributed by atoms with Gasteiger partial charge in [0, 0.05) is 13.1 Å². The molecule has 5 nitrogen and oxygen atoms in total. The van der Waals surface area contributed by atoms with E-state index < -0.39 is 0 Å². The van der Waals surface area contributed by atoms with E-state index in [1.807, 2.05) is 11.8 Å². The predicted molar refractivity (Wildman–Crippen MR) is 61.9 cm³/mol. The van der Waals surface area contributed by atoms with Crippen molar-refractivity contribution < 1.29 is 5.11 Å². The first-order valence-corrected chi connectivity index (χ1v) is 5.37. The zero-order chi connectivity index (χ0) is 11.3. The molecule has 15 heavy (non-hydrogen) atoms. The third kappa shape index (κ3) is 3.13.